The molecule has 0 radical (unpaired) electrons. The largest absolute Gasteiger partial charge is 0.385 e. The van der Waals surface area contributed by atoms with Crippen LogP contribution in [-0.2, 0) is 0 Å². The van der Waals surface area contributed by atoms with Gasteiger partial charge in [-0.15, -0.1) is 0 Å². The van der Waals surface area contributed by atoms with E-state index in [1.54, 1.807) is 0 Å². The van der Waals surface area contributed by atoms with Crippen LogP contribution in [0.25, 0.3) is 54.9 Å². The summed E-state index contributed by atoms with van der Waals surface area (Å²) in [7, 11) is 0. The molecule has 0 atom stereocenters. The zero-order valence-corrected chi connectivity index (χ0v) is 19.8. The lowest BCUT2D eigenvalue weighted by Crippen LogP contribution is -1.96. The fraction of sp³-hybridized carbons (Fsp3) is 0.0588. The maximum atomic E-state index is 3.41. The zero-order chi connectivity index (χ0) is 23.6. The molecule has 6 rings (SSSR count). The number of fused-ring (bicyclic) bond motifs is 2. The Morgan fingerprint density at radius 1 is 0.400 bits per heavy atom. The molecule has 0 aromatic heterocycles. The third kappa shape index (κ3) is 3.86. The average molecular weight is 450 g/mol. The molecule has 6 aromatic rings. The molecular weight excluding hydrogens is 422 g/mol. The topological polar surface area (TPSA) is 12.0 Å². The van der Waals surface area contributed by atoms with Gasteiger partial charge in [-0.3, -0.25) is 0 Å². The van der Waals surface area contributed by atoms with Crippen LogP contribution in [0.5, 0.6) is 0 Å². The van der Waals surface area contributed by atoms with E-state index in [9.17, 15) is 0 Å². The van der Waals surface area contributed by atoms with Crippen LogP contribution in [0.1, 0.15) is 6.92 Å². The Morgan fingerprint density at radius 3 is 1.23 bits per heavy atom. The first kappa shape index (κ1) is 21.2. The number of rotatable bonds is 5. The lowest BCUT2D eigenvalue weighted by atomic mass is 9.85. The fourth-order valence-corrected chi connectivity index (χ4v) is 5.17. The molecule has 0 aliphatic carbocycles. The first-order valence-corrected chi connectivity index (χ1v) is 12.3. The lowest BCUT2D eigenvalue weighted by molar-refractivity contribution is 1.21. The summed E-state index contributed by atoms with van der Waals surface area (Å²) in [5, 5.41) is 8.54. The van der Waals surface area contributed by atoms with Crippen molar-refractivity contribution in [3.05, 3.63) is 127 Å². The lowest BCUT2D eigenvalue weighted by Gasteiger charge is -2.18. The van der Waals surface area contributed by atoms with E-state index in [4.69, 9.17) is 0 Å². The van der Waals surface area contributed by atoms with Gasteiger partial charge in [-0.25, -0.2) is 0 Å². The Bertz CT molecular complexity index is 1560. The van der Waals surface area contributed by atoms with Crippen LogP contribution in [0.15, 0.2) is 127 Å². The summed E-state index contributed by atoms with van der Waals surface area (Å²) in [4.78, 5) is 0. The molecule has 1 nitrogen and oxygen atoms in total. The quantitative estimate of drug-likeness (QED) is 0.258. The van der Waals surface area contributed by atoms with E-state index in [0.717, 1.165) is 12.2 Å². The summed E-state index contributed by atoms with van der Waals surface area (Å²) in [5.74, 6) is 0. The van der Waals surface area contributed by atoms with Gasteiger partial charge in [0.1, 0.15) is 0 Å². The van der Waals surface area contributed by atoms with Crippen molar-refractivity contribution in [1.82, 2.24) is 0 Å². The summed E-state index contributed by atoms with van der Waals surface area (Å²) in [6, 6.07) is 46.1. The number of hydrogen-bond acceptors (Lipinski definition) is 1. The Balaban J connectivity index is 1.58. The van der Waals surface area contributed by atoms with Crippen LogP contribution in [0, 0.1) is 0 Å². The van der Waals surface area contributed by atoms with Crippen LogP contribution in [0.3, 0.4) is 0 Å². The Kier molecular flexibility index (Phi) is 5.52. The van der Waals surface area contributed by atoms with Crippen LogP contribution in [-0.4, -0.2) is 6.54 Å². The van der Waals surface area contributed by atoms with E-state index in [1.165, 1.54) is 54.9 Å². The number of nitrogens with one attached hydrogen (secondary N) is 1. The molecule has 0 aliphatic heterocycles. The normalized spacial score (nSPS) is 11.1. The molecule has 0 aliphatic rings. The molecule has 0 fully saturated rings. The van der Waals surface area contributed by atoms with Gasteiger partial charge >= 0.3 is 0 Å². The molecule has 0 saturated heterocycles. The first-order chi connectivity index (χ1) is 17.3. The molecule has 0 heterocycles. The third-order valence-corrected chi connectivity index (χ3v) is 6.77. The molecule has 168 valence electrons. The minimum atomic E-state index is 0.920. The van der Waals surface area contributed by atoms with Crippen molar-refractivity contribution in [2.24, 2.45) is 0 Å². The Morgan fingerprint density at radius 2 is 0.771 bits per heavy atom. The summed E-state index contributed by atoms with van der Waals surface area (Å²) >= 11 is 0. The van der Waals surface area contributed by atoms with Gasteiger partial charge in [0, 0.05) is 12.2 Å². The van der Waals surface area contributed by atoms with Crippen molar-refractivity contribution in [3.63, 3.8) is 0 Å². The van der Waals surface area contributed by atoms with Crippen molar-refractivity contribution in [3.8, 4) is 33.4 Å². The molecule has 0 spiro atoms. The molecule has 0 bridgehead atoms. The number of benzene rings is 6. The van der Waals surface area contributed by atoms with Gasteiger partial charge in [-0.05, 0) is 74.0 Å². The molecule has 1 N–H and O–H groups in total. The smallest absolute Gasteiger partial charge is 0.0340 e. The SMILES string of the molecule is CCNc1ccc(-c2c3ccccc3c(-c3ccc(-c4ccccc4)cc3)c3ccccc23)cc1. The van der Waals surface area contributed by atoms with Gasteiger partial charge in [0.2, 0.25) is 0 Å². The van der Waals surface area contributed by atoms with Crippen LogP contribution >= 0.6 is 0 Å². The maximum absolute atomic E-state index is 3.41. The van der Waals surface area contributed by atoms with E-state index < -0.39 is 0 Å². The summed E-state index contributed by atoms with van der Waals surface area (Å²) in [6.07, 6.45) is 0. The van der Waals surface area contributed by atoms with Gasteiger partial charge in [-0.1, -0.05) is 115 Å². The van der Waals surface area contributed by atoms with Crippen molar-refractivity contribution in [1.29, 1.82) is 0 Å². The second-order valence-electron chi connectivity index (χ2n) is 8.89. The van der Waals surface area contributed by atoms with Crippen molar-refractivity contribution >= 4 is 27.2 Å². The zero-order valence-electron chi connectivity index (χ0n) is 19.8. The highest BCUT2D eigenvalue weighted by Gasteiger charge is 2.16. The third-order valence-electron chi connectivity index (χ3n) is 6.77. The average Bonchev–Trinajstić information content (AvgIpc) is 2.93. The first-order valence-electron chi connectivity index (χ1n) is 12.3. The Labute approximate surface area is 206 Å². The van der Waals surface area contributed by atoms with Gasteiger partial charge in [0.05, 0.1) is 0 Å². The molecule has 0 unspecified atom stereocenters. The van der Waals surface area contributed by atoms with E-state index in [-0.39, 0.29) is 0 Å². The molecule has 0 saturated carbocycles. The predicted molar refractivity (Wildman–Crippen MR) is 152 cm³/mol. The van der Waals surface area contributed by atoms with Crippen LogP contribution in [0.4, 0.5) is 5.69 Å². The van der Waals surface area contributed by atoms with E-state index in [1.807, 2.05) is 0 Å². The molecule has 0 amide bonds. The Hall–Kier alpha value is -4.36. The fourth-order valence-electron chi connectivity index (χ4n) is 5.17. The second-order valence-corrected chi connectivity index (χ2v) is 8.89. The highest BCUT2D eigenvalue weighted by atomic mass is 14.8. The van der Waals surface area contributed by atoms with Gasteiger partial charge in [-0.2, -0.15) is 0 Å². The minimum Gasteiger partial charge on any atom is -0.385 e. The van der Waals surface area contributed by atoms with Crippen LogP contribution in [0.2, 0.25) is 0 Å². The maximum Gasteiger partial charge on any atom is 0.0340 e. The predicted octanol–water partition coefficient (Wildman–Crippen LogP) is 9.43. The van der Waals surface area contributed by atoms with Crippen molar-refractivity contribution < 1.29 is 0 Å². The summed E-state index contributed by atoms with van der Waals surface area (Å²) in [6.45, 7) is 3.04. The standard InChI is InChI=1S/C34H27N/c1-2-35-28-22-20-27(21-23-28)34-31-14-8-6-12-29(31)33(30-13-7-9-15-32(30)34)26-18-16-25(17-19-26)24-10-4-3-5-11-24/h3-23,35H,2H2,1H3. The van der Waals surface area contributed by atoms with Gasteiger partial charge < -0.3 is 5.32 Å². The highest BCUT2D eigenvalue weighted by molar-refractivity contribution is 6.21. The molecule has 1 heteroatoms. The van der Waals surface area contributed by atoms with Crippen molar-refractivity contribution in [2.45, 2.75) is 6.92 Å². The van der Waals surface area contributed by atoms with E-state index >= 15 is 0 Å². The second kappa shape index (κ2) is 9.12. The van der Waals surface area contributed by atoms with Gasteiger partial charge in [0.25, 0.3) is 0 Å². The van der Waals surface area contributed by atoms with Gasteiger partial charge in [0.15, 0.2) is 0 Å². The van der Waals surface area contributed by atoms with Crippen LogP contribution < -0.4 is 5.32 Å². The minimum absolute atomic E-state index is 0.920. The monoisotopic (exact) mass is 449 g/mol. The molecule has 35 heavy (non-hydrogen) atoms. The van der Waals surface area contributed by atoms with E-state index in [2.05, 4.69) is 140 Å². The number of hydrogen-bond donors (Lipinski definition) is 1. The molecular formula is C34H27N. The summed E-state index contributed by atoms with van der Waals surface area (Å²) < 4.78 is 0. The number of anilines is 1. The highest BCUT2D eigenvalue weighted by Crippen LogP contribution is 2.43. The van der Waals surface area contributed by atoms with Crippen molar-refractivity contribution in [2.75, 3.05) is 11.9 Å². The molecule has 6 aromatic carbocycles. The van der Waals surface area contributed by atoms with E-state index in [0.29, 0.717) is 0 Å². The summed E-state index contributed by atoms with van der Waals surface area (Å²) in [5.41, 5.74) is 8.70.